The van der Waals surface area contributed by atoms with Crippen molar-refractivity contribution in [1.29, 1.82) is 0 Å². The van der Waals surface area contributed by atoms with E-state index in [0.717, 1.165) is 43.2 Å². The minimum Gasteiger partial charge on any atom is -0.387 e. The van der Waals surface area contributed by atoms with Gasteiger partial charge in [-0.2, -0.15) is 35.4 Å². The van der Waals surface area contributed by atoms with Gasteiger partial charge in [0.25, 0.3) is 0 Å². The number of hydrogen-bond donors (Lipinski definition) is 3. The summed E-state index contributed by atoms with van der Waals surface area (Å²) in [5.74, 6) is 1.78. The number of aromatic nitrogens is 8. The average Bonchev–Trinajstić information content (AvgIpc) is 3.62. The molecule has 0 spiro atoms. The largest absolute Gasteiger partial charge is 0.389 e. The number of nitrogens with zero attached hydrogens (tertiary/aromatic N) is 6. The normalized spacial score (nSPS) is 14.0. The molecule has 38 heavy (non-hydrogen) atoms. The number of aryl methyl sites for hydroxylation is 1. The summed E-state index contributed by atoms with van der Waals surface area (Å²) in [4.78, 5) is 0. The van der Waals surface area contributed by atoms with Crippen LogP contribution in [0.4, 0.5) is 13.2 Å². The second-order valence-corrected chi connectivity index (χ2v) is 10.1. The summed E-state index contributed by atoms with van der Waals surface area (Å²) in [6.45, 7) is 0. The van der Waals surface area contributed by atoms with Crippen LogP contribution in [0.25, 0.3) is 11.4 Å². The van der Waals surface area contributed by atoms with Crippen molar-refractivity contribution in [2.75, 3.05) is 5.75 Å². The number of aliphatic hydroxyl groups excluding tert-OH is 1. The van der Waals surface area contributed by atoms with Gasteiger partial charge in [0.1, 0.15) is 0 Å². The van der Waals surface area contributed by atoms with Crippen molar-refractivity contribution in [3.63, 3.8) is 0 Å². The molecule has 0 saturated heterocycles. The predicted octanol–water partition coefficient (Wildman–Crippen LogP) is 5.55. The zero-order valence-corrected chi connectivity index (χ0v) is 21.8. The monoisotopic (exact) mass is 550 g/mol. The summed E-state index contributed by atoms with van der Waals surface area (Å²) in [7, 11) is 0. The highest BCUT2D eigenvalue weighted by atomic mass is 32.2. The Bertz CT molecular complexity index is 1090. The molecule has 0 bridgehead atoms. The Balaban J connectivity index is 1.47. The Morgan fingerprint density at radius 2 is 1.71 bits per heavy atom. The van der Waals surface area contributed by atoms with Gasteiger partial charge in [0.05, 0.1) is 11.4 Å². The lowest BCUT2D eigenvalue weighted by Crippen LogP contribution is -2.14. The first-order valence-corrected chi connectivity index (χ1v) is 13.7. The van der Waals surface area contributed by atoms with Crippen LogP contribution in [0.5, 0.6) is 0 Å². The van der Waals surface area contributed by atoms with Crippen LogP contribution in [0.2, 0.25) is 0 Å². The Morgan fingerprint density at radius 3 is 2.45 bits per heavy atom. The number of halogens is 3. The van der Waals surface area contributed by atoms with Gasteiger partial charge < -0.3 is 5.11 Å². The lowest BCUT2D eigenvalue weighted by Gasteiger charge is -2.20. The first-order valence-electron chi connectivity index (χ1n) is 12.7. The van der Waals surface area contributed by atoms with E-state index in [1.54, 1.807) is 11.8 Å². The average molecular weight is 551 g/mol. The SMILES string of the molecule is O[C@@H](c1cccc(-c2nn[nH]n2)c1)[C@@H](/C=C/C=C\CCCCCCCCC(F)(F)F)SCCc1nn[nH]n1. The minimum atomic E-state index is -4.04. The van der Waals surface area contributed by atoms with E-state index in [0.29, 0.717) is 30.2 Å². The molecule has 9 nitrogen and oxygen atoms in total. The maximum atomic E-state index is 12.2. The fourth-order valence-electron chi connectivity index (χ4n) is 3.81. The Labute approximate surface area is 223 Å². The fourth-order valence-corrected chi connectivity index (χ4v) is 4.92. The molecule has 1 aromatic carbocycles. The van der Waals surface area contributed by atoms with Crippen molar-refractivity contribution in [3.05, 3.63) is 60.0 Å². The second-order valence-electron chi connectivity index (χ2n) is 8.81. The third-order valence-corrected chi connectivity index (χ3v) is 7.04. The molecule has 0 saturated carbocycles. The highest BCUT2D eigenvalue weighted by molar-refractivity contribution is 8.00. The molecule has 2 heterocycles. The van der Waals surface area contributed by atoms with Crippen LogP contribution in [0.3, 0.4) is 0 Å². The van der Waals surface area contributed by atoms with E-state index in [2.05, 4.69) is 47.3 Å². The van der Waals surface area contributed by atoms with Crippen molar-refractivity contribution in [2.24, 2.45) is 0 Å². The minimum absolute atomic E-state index is 0.218. The molecule has 2 atom stereocenters. The van der Waals surface area contributed by atoms with E-state index in [-0.39, 0.29) is 11.7 Å². The number of nitrogens with one attached hydrogen (secondary N) is 2. The molecule has 0 aliphatic rings. The van der Waals surface area contributed by atoms with Gasteiger partial charge in [-0.05, 0) is 36.1 Å². The summed E-state index contributed by atoms with van der Waals surface area (Å²) in [6, 6.07) is 7.44. The smallest absolute Gasteiger partial charge is 0.387 e. The lowest BCUT2D eigenvalue weighted by atomic mass is 10.0. The molecule has 3 N–H and O–H groups in total. The zero-order chi connectivity index (χ0) is 27.1. The van der Waals surface area contributed by atoms with Gasteiger partial charge >= 0.3 is 6.18 Å². The number of tetrazole rings is 2. The van der Waals surface area contributed by atoms with E-state index in [1.807, 2.05) is 42.5 Å². The number of aliphatic hydroxyl groups is 1. The summed E-state index contributed by atoms with van der Waals surface area (Å²) < 4.78 is 36.5. The summed E-state index contributed by atoms with van der Waals surface area (Å²) in [5, 5.41) is 39.0. The van der Waals surface area contributed by atoms with Crippen LogP contribution in [-0.4, -0.2) is 63.5 Å². The van der Waals surface area contributed by atoms with Gasteiger partial charge in [0.2, 0.25) is 5.82 Å². The fraction of sp³-hybridized carbons (Fsp3) is 0.520. The third kappa shape index (κ3) is 11.1. The van der Waals surface area contributed by atoms with Gasteiger partial charge in [-0.3, -0.25) is 0 Å². The van der Waals surface area contributed by atoms with Crippen LogP contribution in [0.1, 0.15) is 68.9 Å². The van der Waals surface area contributed by atoms with Crippen molar-refractivity contribution in [2.45, 2.75) is 75.3 Å². The van der Waals surface area contributed by atoms with Crippen molar-refractivity contribution in [1.82, 2.24) is 41.2 Å². The van der Waals surface area contributed by atoms with Crippen LogP contribution < -0.4 is 0 Å². The second kappa shape index (κ2) is 16.0. The van der Waals surface area contributed by atoms with E-state index in [1.165, 1.54) is 0 Å². The molecule has 206 valence electrons. The molecular weight excluding hydrogens is 517 g/mol. The van der Waals surface area contributed by atoms with E-state index in [4.69, 9.17) is 0 Å². The van der Waals surface area contributed by atoms with Crippen molar-refractivity contribution < 1.29 is 18.3 Å². The topological polar surface area (TPSA) is 129 Å². The number of thioether (sulfide) groups is 1. The standard InChI is InChI=1S/C25H33F3N8OS/c26-25(27,28)16-10-8-6-4-2-1-3-5-7-9-14-21(38-17-15-22-29-33-34-30-22)23(37)19-12-11-13-20(18-19)24-31-35-36-32-24/h5,7,9,11-14,18,21,23,37H,1-4,6,8,10,15-17H2,(H,29,30,33,34)(H,31,32,35,36)/b7-5-,14-9+/t21-,23+/m1/s1. The summed E-state index contributed by atoms with van der Waals surface area (Å²) in [6.07, 6.45) is 8.63. The van der Waals surface area contributed by atoms with E-state index in [9.17, 15) is 18.3 Å². The van der Waals surface area contributed by atoms with E-state index >= 15 is 0 Å². The molecule has 13 heteroatoms. The molecular formula is C25H33F3N8OS. The Morgan fingerprint density at radius 1 is 0.947 bits per heavy atom. The molecule has 3 rings (SSSR count). The van der Waals surface area contributed by atoms with Gasteiger partial charge in [-0.1, -0.05) is 73.4 Å². The number of aromatic amines is 2. The van der Waals surface area contributed by atoms with E-state index < -0.39 is 18.7 Å². The molecule has 0 fully saturated rings. The number of benzene rings is 1. The van der Waals surface area contributed by atoms with Crippen molar-refractivity contribution >= 4 is 11.8 Å². The molecule has 0 aliphatic carbocycles. The molecule has 3 aromatic rings. The van der Waals surface area contributed by atoms with Gasteiger partial charge in [-0.15, -0.1) is 20.4 Å². The first-order chi connectivity index (χ1) is 18.4. The zero-order valence-electron chi connectivity index (χ0n) is 21.0. The Kier molecular flexibility index (Phi) is 12.4. The third-order valence-electron chi connectivity index (χ3n) is 5.80. The number of alkyl halides is 3. The maximum absolute atomic E-state index is 12.2. The molecule has 2 aromatic heterocycles. The predicted molar refractivity (Wildman–Crippen MR) is 140 cm³/mol. The quantitative estimate of drug-likeness (QED) is 0.147. The highest BCUT2D eigenvalue weighted by Gasteiger charge is 2.25. The van der Waals surface area contributed by atoms with Crippen LogP contribution >= 0.6 is 11.8 Å². The summed E-state index contributed by atoms with van der Waals surface area (Å²) >= 11 is 1.60. The first kappa shape index (κ1) is 29.5. The lowest BCUT2D eigenvalue weighted by molar-refractivity contribution is -0.135. The number of unbranched alkanes of at least 4 members (excludes halogenated alkanes) is 6. The molecule has 0 aliphatic heterocycles. The molecule has 0 unspecified atom stereocenters. The summed E-state index contributed by atoms with van der Waals surface area (Å²) in [5.41, 5.74) is 1.50. The number of hydrogen-bond acceptors (Lipinski definition) is 8. The van der Waals surface area contributed by atoms with Gasteiger partial charge in [-0.25, -0.2) is 0 Å². The highest BCUT2D eigenvalue weighted by Crippen LogP contribution is 2.30. The van der Waals surface area contributed by atoms with Crippen LogP contribution in [0.15, 0.2) is 48.6 Å². The maximum Gasteiger partial charge on any atom is 0.389 e. The van der Waals surface area contributed by atoms with Crippen molar-refractivity contribution in [3.8, 4) is 11.4 Å². The number of rotatable bonds is 17. The molecule has 0 radical (unpaired) electrons. The van der Waals surface area contributed by atoms with Gasteiger partial charge in [0.15, 0.2) is 5.82 Å². The Hall–Kier alpha value is -3.06. The van der Waals surface area contributed by atoms with Gasteiger partial charge in [0, 0.05) is 24.2 Å². The molecule has 0 amide bonds. The number of H-pyrrole nitrogens is 2. The number of allylic oxidation sites excluding steroid dienone is 3. The van der Waals surface area contributed by atoms with Crippen LogP contribution in [-0.2, 0) is 6.42 Å². The van der Waals surface area contributed by atoms with Crippen LogP contribution in [0, 0.1) is 0 Å².